The summed E-state index contributed by atoms with van der Waals surface area (Å²) >= 11 is 3.54. The van der Waals surface area contributed by atoms with E-state index in [1.807, 2.05) is 0 Å². The number of fused-ring (bicyclic) bond motifs is 1. The lowest BCUT2D eigenvalue weighted by atomic mass is 9.87. The van der Waals surface area contributed by atoms with E-state index in [9.17, 15) is 0 Å². The average molecular weight is 292 g/mol. The van der Waals surface area contributed by atoms with Crippen molar-refractivity contribution in [2.45, 2.75) is 38.6 Å². The van der Waals surface area contributed by atoms with Gasteiger partial charge < -0.3 is 4.57 Å². The van der Waals surface area contributed by atoms with E-state index >= 15 is 0 Å². The standard InChI is InChI=1S/C15H18BrN/c1-11-2-5-14(6-3-11)17-9-8-12-10-13(16)4-7-15(12)17/h4,7-11,14H,2-3,5-6H2,1H3. The van der Waals surface area contributed by atoms with Gasteiger partial charge in [-0.3, -0.25) is 0 Å². The minimum Gasteiger partial charge on any atom is -0.344 e. The maximum atomic E-state index is 3.54. The minimum absolute atomic E-state index is 0.713. The van der Waals surface area contributed by atoms with Gasteiger partial charge in [0.15, 0.2) is 0 Å². The number of aromatic nitrogens is 1. The Bertz CT molecular complexity index is 521. The van der Waals surface area contributed by atoms with Crippen molar-refractivity contribution in [2.75, 3.05) is 0 Å². The first-order chi connectivity index (χ1) is 8.24. The van der Waals surface area contributed by atoms with Crippen LogP contribution in [0.1, 0.15) is 38.6 Å². The van der Waals surface area contributed by atoms with Gasteiger partial charge in [0, 0.05) is 27.6 Å². The second-order valence-corrected chi connectivity index (χ2v) is 6.26. The third-order valence-electron chi connectivity index (χ3n) is 4.06. The molecule has 2 aromatic rings. The number of rotatable bonds is 1. The summed E-state index contributed by atoms with van der Waals surface area (Å²) in [5, 5.41) is 1.35. The maximum absolute atomic E-state index is 3.54. The molecule has 90 valence electrons. The van der Waals surface area contributed by atoms with Crippen LogP contribution in [0.25, 0.3) is 10.9 Å². The average Bonchev–Trinajstić information content (AvgIpc) is 2.73. The van der Waals surface area contributed by atoms with E-state index in [4.69, 9.17) is 0 Å². The summed E-state index contributed by atoms with van der Waals surface area (Å²) in [5.74, 6) is 0.919. The van der Waals surface area contributed by atoms with E-state index < -0.39 is 0 Å². The van der Waals surface area contributed by atoms with Crippen molar-refractivity contribution in [3.63, 3.8) is 0 Å². The van der Waals surface area contributed by atoms with Crippen LogP contribution in [0.4, 0.5) is 0 Å². The molecule has 1 fully saturated rings. The molecule has 17 heavy (non-hydrogen) atoms. The van der Waals surface area contributed by atoms with Gasteiger partial charge in [-0.05, 0) is 55.9 Å². The number of nitrogens with zero attached hydrogens (tertiary/aromatic N) is 1. The summed E-state index contributed by atoms with van der Waals surface area (Å²) < 4.78 is 3.65. The highest BCUT2D eigenvalue weighted by atomic mass is 79.9. The van der Waals surface area contributed by atoms with Crippen LogP contribution < -0.4 is 0 Å². The summed E-state index contributed by atoms with van der Waals surface area (Å²) in [6.07, 6.45) is 7.68. The van der Waals surface area contributed by atoms with Crippen LogP contribution >= 0.6 is 15.9 Å². The van der Waals surface area contributed by atoms with E-state index in [-0.39, 0.29) is 0 Å². The van der Waals surface area contributed by atoms with Crippen molar-refractivity contribution in [3.8, 4) is 0 Å². The lowest BCUT2D eigenvalue weighted by Gasteiger charge is -2.28. The van der Waals surface area contributed by atoms with Gasteiger partial charge in [-0.15, -0.1) is 0 Å². The first-order valence-electron chi connectivity index (χ1n) is 6.50. The van der Waals surface area contributed by atoms with Crippen LogP contribution in [0.3, 0.4) is 0 Å². The van der Waals surface area contributed by atoms with Crippen LogP contribution in [0.2, 0.25) is 0 Å². The SMILES string of the molecule is CC1CCC(n2ccc3cc(Br)ccc32)CC1. The third-order valence-corrected chi connectivity index (χ3v) is 4.55. The number of hydrogen-bond acceptors (Lipinski definition) is 0. The molecule has 1 nitrogen and oxygen atoms in total. The summed E-state index contributed by atoms with van der Waals surface area (Å²) in [6, 6.07) is 9.53. The van der Waals surface area contributed by atoms with E-state index in [1.54, 1.807) is 0 Å². The molecule has 2 heteroatoms. The Hall–Kier alpha value is -0.760. The van der Waals surface area contributed by atoms with Crippen molar-refractivity contribution >= 4 is 26.8 Å². The molecule has 0 radical (unpaired) electrons. The predicted octanol–water partition coefficient (Wildman–Crippen LogP) is 5.16. The lowest BCUT2D eigenvalue weighted by molar-refractivity contribution is 0.294. The second kappa shape index (κ2) is 4.49. The molecular formula is C15H18BrN. The fraction of sp³-hybridized carbons (Fsp3) is 0.467. The van der Waals surface area contributed by atoms with Gasteiger partial charge in [-0.1, -0.05) is 22.9 Å². The summed E-state index contributed by atoms with van der Waals surface area (Å²) in [5.41, 5.74) is 1.38. The van der Waals surface area contributed by atoms with E-state index in [0.29, 0.717) is 6.04 Å². The van der Waals surface area contributed by atoms with Gasteiger partial charge >= 0.3 is 0 Å². The molecule has 1 aliphatic carbocycles. The van der Waals surface area contributed by atoms with Gasteiger partial charge in [0.2, 0.25) is 0 Å². The zero-order valence-corrected chi connectivity index (χ0v) is 11.8. The van der Waals surface area contributed by atoms with Gasteiger partial charge in [0.25, 0.3) is 0 Å². The Morgan fingerprint density at radius 3 is 2.65 bits per heavy atom. The highest BCUT2D eigenvalue weighted by Crippen LogP contribution is 2.34. The molecule has 1 aromatic heterocycles. The van der Waals surface area contributed by atoms with Crippen LogP contribution in [0.5, 0.6) is 0 Å². The smallest absolute Gasteiger partial charge is 0.0483 e. The fourth-order valence-corrected chi connectivity index (χ4v) is 3.35. The summed E-state index contributed by atoms with van der Waals surface area (Å²) in [7, 11) is 0. The van der Waals surface area contributed by atoms with Crippen molar-refractivity contribution in [2.24, 2.45) is 5.92 Å². The summed E-state index contributed by atoms with van der Waals surface area (Å²) in [6.45, 7) is 2.38. The normalized spacial score (nSPS) is 25.3. The van der Waals surface area contributed by atoms with Crippen LogP contribution in [0, 0.1) is 5.92 Å². The van der Waals surface area contributed by atoms with Crippen molar-refractivity contribution in [1.82, 2.24) is 4.57 Å². The van der Waals surface area contributed by atoms with Gasteiger partial charge in [0.05, 0.1) is 0 Å². The molecule has 1 saturated carbocycles. The molecule has 0 bridgehead atoms. The summed E-state index contributed by atoms with van der Waals surface area (Å²) in [4.78, 5) is 0. The highest BCUT2D eigenvalue weighted by Gasteiger charge is 2.20. The predicted molar refractivity (Wildman–Crippen MR) is 76.3 cm³/mol. The molecule has 0 N–H and O–H groups in total. The fourth-order valence-electron chi connectivity index (χ4n) is 2.97. The van der Waals surface area contributed by atoms with E-state index in [0.717, 1.165) is 5.92 Å². The largest absolute Gasteiger partial charge is 0.344 e. The van der Waals surface area contributed by atoms with Crippen LogP contribution in [0.15, 0.2) is 34.9 Å². The minimum atomic E-state index is 0.713. The molecule has 0 amide bonds. The highest BCUT2D eigenvalue weighted by molar-refractivity contribution is 9.10. The quantitative estimate of drug-likeness (QED) is 0.684. The second-order valence-electron chi connectivity index (χ2n) is 5.34. The molecular weight excluding hydrogens is 274 g/mol. The number of halogens is 1. The monoisotopic (exact) mass is 291 g/mol. The Morgan fingerprint density at radius 1 is 1.12 bits per heavy atom. The zero-order chi connectivity index (χ0) is 11.8. The molecule has 1 heterocycles. The van der Waals surface area contributed by atoms with Crippen LogP contribution in [-0.4, -0.2) is 4.57 Å². The Labute approximate surface area is 111 Å². The van der Waals surface area contributed by atoms with E-state index in [2.05, 4.69) is 57.9 Å². The topological polar surface area (TPSA) is 4.93 Å². The molecule has 1 aromatic carbocycles. The first-order valence-corrected chi connectivity index (χ1v) is 7.29. The number of hydrogen-bond donors (Lipinski definition) is 0. The molecule has 0 unspecified atom stereocenters. The van der Waals surface area contributed by atoms with Crippen molar-refractivity contribution in [1.29, 1.82) is 0 Å². The van der Waals surface area contributed by atoms with Gasteiger partial charge in [-0.25, -0.2) is 0 Å². The number of benzene rings is 1. The molecule has 0 spiro atoms. The van der Waals surface area contributed by atoms with Crippen molar-refractivity contribution < 1.29 is 0 Å². The van der Waals surface area contributed by atoms with Crippen molar-refractivity contribution in [3.05, 3.63) is 34.9 Å². The van der Waals surface area contributed by atoms with Gasteiger partial charge in [0.1, 0.15) is 0 Å². The van der Waals surface area contributed by atoms with Gasteiger partial charge in [-0.2, -0.15) is 0 Å². The first kappa shape index (κ1) is 11.3. The maximum Gasteiger partial charge on any atom is 0.0483 e. The van der Waals surface area contributed by atoms with E-state index in [1.165, 1.54) is 41.1 Å². The molecule has 0 aliphatic heterocycles. The molecule has 0 saturated heterocycles. The third kappa shape index (κ3) is 2.15. The molecule has 0 atom stereocenters. The van der Waals surface area contributed by atoms with Crippen LogP contribution in [-0.2, 0) is 0 Å². The Balaban J connectivity index is 1.95. The zero-order valence-electron chi connectivity index (χ0n) is 10.2. The Morgan fingerprint density at radius 2 is 1.88 bits per heavy atom. The molecule has 1 aliphatic rings. The molecule has 3 rings (SSSR count). The Kier molecular flexibility index (Phi) is 2.99. The lowest BCUT2D eigenvalue weighted by Crippen LogP contribution is -2.15.